The molecule has 6 nitrogen and oxygen atoms in total. The molecule has 0 unspecified atom stereocenters. The first-order valence-corrected chi connectivity index (χ1v) is 7.11. The van der Waals surface area contributed by atoms with E-state index in [1.54, 1.807) is 4.90 Å². The number of carbonyl (C=O) groups is 2. The maximum Gasteiger partial charge on any atom is 0.410 e. The zero-order valence-electron chi connectivity index (χ0n) is 11.7. The lowest BCUT2D eigenvalue weighted by Gasteiger charge is -2.46. The van der Waals surface area contributed by atoms with E-state index in [1.807, 2.05) is 4.90 Å². The topological polar surface area (TPSA) is 70.1 Å². The van der Waals surface area contributed by atoms with Gasteiger partial charge in [-0.2, -0.15) is 0 Å². The molecule has 0 aromatic rings. The van der Waals surface area contributed by atoms with Crippen molar-refractivity contribution in [3.05, 3.63) is 12.7 Å². The van der Waals surface area contributed by atoms with Crippen molar-refractivity contribution in [3.8, 4) is 0 Å². The molecule has 1 saturated carbocycles. The summed E-state index contributed by atoms with van der Waals surface area (Å²) in [5.41, 5.74) is -0.693. The zero-order chi connectivity index (χ0) is 14.6. The van der Waals surface area contributed by atoms with Crippen LogP contribution in [-0.2, 0) is 9.53 Å². The van der Waals surface area contributed by atoms with E-state index in [4.69, 9.17) is 4.74 Å². The summed E-state index contributed by atoms with van der Waals surface area (Å²) < 4.78 is 5.03. The van der Waals surface area contributed by atoms with Crippen molar-refractivity contribution in [1.29, 1.82) is 0 Å². The van der Waals surface area contributed by atoms with Crippen LogP contribution in [0.1, 0.15) is 25.7 Å². The molecule has 1 saturated heterocycles. The first-order chi connectivity index (χ1) is 9.60. The van der Waals surface area contributed by atoms with E-state index in [0.717, 1.165) is 19.4 Å². The van der Waals surface area contributed by atoms with Gasteiger partial charge in [0.2, 0.25) is 0 Å². The molecule has 2 fully saturated rings. The van der Waals surface area contributed by atoms with Crippen molar-refractivity contribution in [3.63, 3.8) is 0 Å². The molecule has 0 spiro atoms. The van der Waals surface area contributed by atoms with Gasteiger partial charge in [0.25, 0.3) is 0 Å². The van der Waals surface area contributed by atoms with E-state index in [0.29, 0.717) is 32.5 Å². The lowest BCUT2D eigenvalue weighted by atomic mass is 9.75. The predicted molar refractivity (Wildman–Crippen MR) is 73.5 cm³/mol. The predicted octanol–water partition coefficient (Wildman–Crippen LogP) is 1.32. The molecule has 1 aliphatic carbocycles. The monoisotopic (exact) mass is 282 g/mol. The fourth-order valence-electron chi connectivity index (χ4n) is 2.93. The Labute approximate surface area is 119 Å². The van der Waals surface area contributed by atoms with Gasteiger partial charge < -0.3 is 14.7 Å². The van der Waals surface area contributed by atoms with E-state index >= 15 is 0 Å². The normalized spacial score (nSPS) is 22.5. The summed E-state index contributed by atoms with van der Waals surface area (Å²) in [6.07, 6.45) is 4.36. The first kappa shape index (κ1) is 14.8. The number of carboxylic acids is 1. The third kappa shape index (κ3) is 2.80. The van der Waals surface area contributed by atoms with Gasteiger partial charge in [-0.1, -0.05) is 12.7 Å². The Morgan fingerprint density at radius 3 is 2.50 bits per heavy atom. The van der Waals surface area contributed by atoms with Crippen molar-refractivity contribution in [2.75, 3.05) is 32.8 Å². The highest BCUT2D eigenvalue weighted by molar-refractivity contribution is 5.80. The first-order valence-electron chi connectivity index (χ1n) is 7.11. The van der Waals surface area contributed by atoms with Crippen LogP contribution in [0.2, 0.25) is 0 Å². The highest BCUT2D eigenvalue weighted by atomic mass is 16.6. The van der Waals surface area contributed by atoms with E-state index in [-0.39, 0.29) is 12.7 Å². The lowest BCUT2D eigenvalue weighted by molar-refractivity contribution is -0.158. The maximum absolute atomic E-state index is 11.8. The van der Waals surface area contributed by atoms with Gasteiger partial charge in [0.15, 0.2) is 0 Å². The van der Waals surface area contributed by atoms with Crippen LogP contribution in [0.4, 0.5) is 4.79 Å². The number of hydrogen-bond donors (Lipinski definition) is 1. The molecule has 0 bridgehead atoms. The molecule has 1 amide bonds. The molecule has 1 N–H and O–H groups in total. The van der Waals surface area contributed by atoms with Crippen LogP contribution in [0.5, 0.6) is 0 Å². The Kier molecular flexibility index (Phi) is 4.65. The summed E-state index contributed by atoms with van der Waals surface area (Å²) in [5.74, 6) is -0.730. The second-order valence-electron chi connectivity index (χ2n) is 5.38. The minimum Gasteiger partial charge on any atom is -0.480 e. The Hall–Kier alpha value is -1.56. The number of ether oxygens (including phenoxy) is 1. The molecule has 0 atom stereocenters. The number of aliphatic carboxylic acids is 1. The average Bonchev–Trinajstić information content (AvgIpc) is 2.60. The van der Waals surface area contributed by atoms with Gasteiger partial charge in [-0.25, -0.2) is 4.79 Å². The van der Waals surface area contributed by atoms with E-state index < -0.39 is 11.5 Å². The summed E-state index contributed by atoms with van der Waals surface area (Å²) in [4.78, 5) is 27.0. The molecule has 2 aliphatic rings. The molecule has 0 aromatic heterocycles. The average molecular weight is 282 g/mol. The van der Waals surface area contributed by atoms with Crippen molar-refractivity contribution in [2.24, 2.45) is 0 Å². The quantitative estimate of drug-likeness (QED) is 0.788. The lowest BCUT2D eigenvalue weighted by Crippen LogP contribution is -2.60. The minimum absolute atomic E-state index is 0.206. The molecule has 112 valence electrons. The van der Waals surface area contributed by atoms with Crippen molar-refractivity contribution in [1.82, 2.24) is 9.80 Å². The molecule has 20 heavy (non-hydrogen) atoms. The number of rotatable bonds is 4. The van der Waals surface area contributed by atoms with Gasteiger partial charge in [-0.05, 0) is 25.7 Å². The molecular formula is C14H22N2O4. The van der Waals surface area contributed by atoms with Crippen molar-refractivity contribution in [2.45, 2.75) is 31.2 Å². The van der Waals surface area contributed by atoms with Crippen LogP contribution >= 0.6 is 0 Å². The highest BCUT2D eigenvalue weighted by Crippen LogP contribution is 2.38. The zero-order valence-corrected chi connectivity index (χ0v) is 11.7. The van der Waals surface area contributed by atoms with Gasteiger partial charge in [-0.3, -0.25) is 9.69 Å². The second kappa shape index (κ2) is 6.26. The summed E-state index contributed by atoms with van der Waals surface area (Å²) in [7, 11) is 0. The summed E-state index contributed by atoms with van der Waals surface area (Å²) >= 11 is 0. The van der Waals surface area contributed by atoms with Gasteiger partial charge in [-0.15, -0.1) is 0 Å². The standard InChI is InChI=1S/C14H22N2O4/c1-2-11-20-13(19)15-7-4-8-16(10-9-15)14(12(17)18)5-3-6-14/h2H,1,3-11H2,(H,17,18). The molecule has 1 heterocycles. The van der Waals surface area contributed by atoms with Crippen LogP contribution < -0.4 is 0 Å². The third-order valence-corrected chi connectivity index (χ3v) is 4.26. The Morgan fingerprint density at radius 1 is 1.20 bits per heavy atom. The van der Waals surface area contributed by atoms with Crippen LogP contribution in [0.15, 0.2) is 12.7 Å². The maximum atomic E-state index is 11.8. The van der Waals surface area contributed by atoms with E-state index in [1.165, 1.54) is 6.08 Å². The summed E-state index contributed by atoms with van der Waals surface area (Å²) in [6, 6.07) is 0. The van der Waals surface area contributed by atoms with Gasteiger partial charge in [0.1, 0.15) is 12.1 Å². The molecule has 1 aliphatic heterocycles. The second-order valence-corrected chi connectivity index (χ2v) is 5.38. The van der Waals surface area contributed by atoms with Gasteiger partial charge in [0.05, 0.1) is 0 Å². The highest BCUT2D eigenvalue weighted by Gasteiger charge is 2.49. The largest absolute Gasteiger partial charge is 0.480 e. The number of hydrogen-bond acceptors (Lipinski definition) is 4. The Morgan fingerprint density at radius 2 is 1.95 bits per heavy atom. The number of nitrogens with zero attached hydrogens (tertiary/aromatic N) is 2. The number of amides is 1. The molecule has 0 radical (unpaired) electrons. The van der Waals surface area contributed by atoms with Crippen LogP contribution in [0, 0.1) is 0 Å². The fraction of sp³-hybridized carbons (Fsp3) is 0.714. The summed E-state index contributed by atoms with van der Waals surface area (Å²) in [6.45, 7) is 6.16. The van der Waals surface area contributed by atoms with Crippen molar-refractivity contribution >= 4 is 12.1 Å². The molecular weight excluding hydrogens is 260 g/mol. The Bertz CT molecular complexity index is 393. The minimum atomic E-state index is -0.730. The van der Waals surface area contributed by atoms with Crippen molar-refractivity contribution < 1.29 is 19.4 Å². The van der Waals surface area contributed by atoms with Crippen LogP contribution in [0.25, 0.3) is 0 Å². The van der Waals surface area contributed by atoms with Gasteiger partial charge >= 0.3 is 12.1 Å². The summed E-state index contributed by atoms with van der Waals surface area (Å²) in [5, 5.41) is 9.46. The van der Waals surface area contributed by atoms with E-state index in [2.05, 4.69) is 6.58 Å². The number of carboxylic acid groups (broad SMARTS) is 1. The third-order valence-electron chi connectivity index (χ3n) is 4.26. The molecule has 0 aromatic carbocycles. The molecule has 6 heteroatoms. The SMILES string of the molecule is C=CCOC(=O)N1CCCN(C2(C(=O)O)CCC2)CC1. The van der Waals surface area contributed by atoms with E-state index in [9.17, 15) is 14.7 Å². The number of carbonyl (C=O) groups excluding carboxylic acids is 1. The Balaban J connectivity index is 1.93. The van der Waals surface area contributed by atoms with Crippen LogP contribution in [-0.4, -0.2) is 65.3 Å². The molecule has 2 rings (SSSR count). The fourth-order valence-corrected chi connectivity index (χ4v) is 2.93. The van der Waals surface area contributed by atoms with Gasteiger partial charge in [0, 0.05) is 26.2 Å². The van der Waals surface area contributed by atoms with Crippen LogP contribution in [0.3, 0.4) is 0 Å². The smallest absolute Gasteiger partial charge is 0.410 e.